The first kappa shape index (κ1) is 30.9. The summed E-state index contributed by atoms with van der Waals surface area (Å²) in [6.45, 7) is 3.49. The minimum Gasteiger partial charge on any atom is -0.449 e. The van der Waals surface area contributed by atoms with Crippen LogP contribution >= 0.6 is 11.6 Å². The predicted octanol–water partition coefficient (Wildman–Crippen LogP) is 5.24. The number of nitrogens with zero attached hydrogens (tertiary/aromatic N) is 4. The van der Waals surface area contributed by atoms with Gasteiger partial charge in [-0.2, -0.15) is 0 Å². The molecule has 1 saturated heterocycles. The van der Waals surface area contributed by atoms with Gasteiger partial charge in [0, 0.05) is 49.8 Å². The van der Waals surface area contributed by atoms with Gasteiger partial charge < -0.3 is 29.4 Å². The molecule has 46 heavy (non-hydrogen) atoms. The van der Waals surface area contributed by atoms with Gasteiger partial charge in [0.15, 0.2) is 0 Å². The number of piperidine rings is 1. The Labute approximate surface area is 273 Å². The Morgan fingerprint density at radius 2 is 1.93 bits per heavy atom. The van der Waals surface area contributed by atoms with Gasteiger partial charge in [0.2, 0.25) is 0 Å². The lowest BCUT2D eigenvalue weighted by Gasteiger charge is -2.42. The molecular weight excluding hydrogens is 606 g/mol. The van der Waals surface area contributed by atoms with Crippen molar-refractivity contribution in [2.75, 3.05) is 26.8 Å². The molecule has 4 aliphatic rings. The number of halogens is 1. The highest BCUT2D eigenvalue weighted by molar-refractivity contribution is 6.30. The van der Waals surface area contributed by atoms with Crippen molar-refractivity contribution in [1.82, 2.24) is 24.8 Å². The number of hydrogen-bond donors (Lipinski definition) is 2. The number of aliphatic hydroxyl groups is 1. The number of aryl methyl sites for hydroxylation is 1. The van der Waals surface area contributed by atoms with E-state index in [4.69, 9.17) is 26.1 Å². The van der Waals surface area contributed by atoms with E-state index in [1.165, 1.54) is 0 Å². The summed E-state index contributed by atoms with van der Waals surface area (Å²) < 4.78 is 13.2. The average molecular weight is 646 g/mol. The third-order valence-electron chi connectivity index (χ3n) is 10.5. The average Bonchev–Trinajstić information content (AvgIpc) is 3.98. The fraction of sp³-hybridized carbons (Fsp3) is 0.486. The maximum absolute atomic E-state index is 13.7. The van der Waals surface area contributed by atoms with Crippen LogP contribution in [0.2, 0.25) is 5.02 Å². The SMILES string of the molecule is COC1(C(=O)NC(C2=Cc3cccnc3C(O)(C3CCN(C(=O)OCC4(C)CC4)CC3)c3ccc(Cl)cc32)c2cncn2C)CC1. The van der Waals surface area contributed by atoms with Crippen molar-refractivity contribution in [2.24, 2.45) is 18.4 Å². The minimum atomic E-state index is -1.50. The number of methoxy groups -OCH3 is 1. The molecule has 1 aromatic carbocycles. The first-order chi connectivity index (χ1) is 22.1. The maximum atomic E-state index is 13.7. The van der Waals surface area contributed by atoms with Gasteiger partial charge in [-0.25, -0.2) is 9.78 Å². The van der Waals surface area contributed by atoms with Gasteiger partial charge in [-0.1, -0.05) is 30.7 Å². The van der Waals surface area contributed by atoms with E-state index in [1.54, 1.807) is 36.8 Å². The smallest absolute Gasteiger partial charge is 0.409 e. The van der Waals surface area contributed by atoms with E-state index in [9.17, 15) is 14.7 Å². The number of nitrogens with one attached hydrogen (secondary N) is 1. The molecule has 3 heterocycles. The summed E-state index contributed by atoms with van der Waals surface area (Å²) in [5.74, 6) is -0.460. The van der Waals surface area contributed by atoms with Gasteiger partial charge in [0.05, 0.1) is 36.6 Å². The standard InChI is InChI=1S/C35H40ClN5O5/c1-33(10-11-33)20-46-32(43)41-15-8-23(9-16-41)35(44)27-7-6-24(36)18-25(27)26(17-22-5-4-14-38-30(22)35)29(28-19-37-21-40(28)2)39-31(42)34(45-3)12-13-34/h4-7,14,17-19,21,23,29,44H,8-13,15-16,20H2,1-3H3,(H,39,42). The van der Waals surface area contributed by atoms with Crippen LogP contribution < -0.4 is 5.32 Å². The quantitative estimate of drug-likeness (QED) is 0.344. The molecule has 11 heteroatoms. The first-order valence-electron chi connectivity index (χ1n) is 16.0. The van der Waals surface area contributed by atoms with E-state index in [2.05, 4.69) is 17.2 Å². The lowest BCUT2D eigenvalue weighted by atomic mass is 9.72. The van der Waals surface area contributed by atoms with Crippen molar-refractivity contribution in [3.8, 4) is 0 Å². The fourth-order valence-electron chi connectivity index (χ4n) is 6.99. The van der Waals surface area contributed by atoms with E-state index in [0.29, 0.717) is 67.2 Å². The van der Waals surface area contributed by atoms with Crippen LogP contribution in [0, 0.1) is 11.3 Å². The number of carbonyl (C=O) groups is 2. The molecule has 0 radical (unpaired) electrons. The number of fused-ring (bicyclic) bond motifs is 2. The zero-order valence-corrected chi connectivity index (χ0v) is 27.2. The van der Waals surface area contributed by atoms with Crippen LogP contribution in [0.25, 0.3) is 11.6 Å². The molecule has 2 aromatic heterocycles. The largest absolute Gasteiger partial charge is 0.449 e. The molecule has 3 aliphatic carbocycles. The summed E-state index contributed by atoms with van der Waals surface area (Å²) >= 11 is 6.67. The lowest BCUT2D eigenvalue weighted by molar-refractivity contribution is -0.134. The molecule has 2 saturated carbocycles. The van der Waals surface area contributed by atoms with Crippen molar-refractivity contribution >= 4 is 35.3 Å². The second-order valence-corrected chi connectivity index (χ2v) is 14.1. The van der Waals surface area contributed by atoms with Crippen molar-refractivity contribution in [1.29, 1.82) is 0 Å². The van der Waals surface area contributed by atoms with Crippen molar-refractivity contribution in [2.45, 2.75) is 62.7 Å². The molecule has 3 aromatic rings. The Balaban J connectivity index is 1.28. The monoisotopic (exact) mass is 645 g/mol. The van der Waals surface area contributed by atoms with Crippen molar-refractivity contribution in [3.63, 3.8) is 0 Å². The van der Waals surface area contributed by atoms with Crippen LogP contribution in [0.1, 0.15) is 79.6 Å². The number of pyridine rings is 1. The van der Waals surface area contributed by atoms with Crippen LogP contribution in [-0.4, -0.2) is 68.9 Å². The van der Waals surface area contributed by atoms with E-state index in [-0.39, 0.29) is 23.3 Å². The van der Waals surface area contributed by atoms with Crippen molar-refractivity contribution < 1.29 is 24.2 Å². The van der Waals surface area contributed by atoms with Crippen LogP contribution in [-0.2, 0) is 26.9 Å². The minimum absolute atomic E-state index is 0.115. The molecule has 10 nitrogen and oxygen atoms in total. The number of ether oxygens (including phenoxy) is 2. The highest BCUT2D eigenvalue weighted by atomic mass is 35.5. The van der Waals surface area contributed by atoms with Crippen LogP contribution in [0.3, 0.4) is 0 Å². The Hall–Kier alpha value is -3.73. The molecule has 0 bridgehead atoms. The number of amides is 2. The van der Waals surface area contributed by atoms with E-state index in [0.717, 1.165) is 29.7 Å². The number of carbonyl (C=O) groups excluding carboxylic acids is 2. The molecule has 3 fully saturated rings. The maximum Gasteiger partial charge on any atom is 0.409 e. The number of imidazole rings is 1. The zero-order valence-electron chi connectivity index (χ0n) is 26.5. The van der Waals surface area contributed by atoms with Gasteiger partial charge in [0.25, 0.3) is 5.91 Å². The molecule has 0 spiro atoms. The first-order valence-corrected chi connectivity index (χ1v) is 16.4. The molecule has 2 atom stereocenters. The molecule has 2 N–H and O–H groups in total. The Morgan fingerprint density at radius 1 is 1.17 bits per heavy atom. The fourth-order valence-corrected chi connectivity index (χ4v) is 7.16. The summed E-state index contributed by atoms with van der Waals surface area (Å²) in [4.78, 5) is 37.5. The van der Waals surface area contributed by atoms with Crippen LogP contribution in [0.4, 0.5) is 4.79 Å². The highest BCUT2D eigenvalue weighted by Crippen LogP contribution is 2.50. The number of benzene rings is 1. The van der Waals surface area contributed by atoms with Gasteiger partial charge in [-0.15, -0.1) is 0 Å². The summed E-state index contributed by atoms with van der Waals surface area (Å²) in [5.41, 5.74) is 1.90. The Kier molecular flexibility index (Phi) is 7.73. The normalized spacial score (nSPS) is 23.3. The highest BCUT2D eigenvalue weighted by Gasteiger charge is 2.52. The summed E-state index contributed by atoms with van der Waals surface area (Å²) in [6.07, 6.45) is 11.4. The predicted molar refractivity (Wildman–Crippen MR) is 173 cm³/mol. The third-order valence-corrected chi connectivity index (χ3v) is 10.7. The zero-order chi connectivity index (χ0) is 32.3. The van der Waals surface area contributed by atoms with Crippen LogP contribution in [0.5, 0.6) is 0 Å². The summed E-state index contributed by atoms with van der Waals surface area (Å²) in [7, 11) is 3.45. The van der Waals surface area contributed by atoms with Crippen LogP contribution in [0.15, 0.2) is 49.1 Å². The molecular formula is C35H40ClN5O5. The van der Waals surface area contributed by atoms with Gasteiger partial charge in [-0.05, 0) is 85.1 Å². The van der Waals surface area contributed by atoms with Crippen molar-refractivity contribution in [3.05, 3.63) is 82.2 Å². The summed E-state index contributed by atoms with van der Waals surface area (Å²) in [6, 6.07) is 8.65. The lowest BCUT2D eigenvalue weighted by Crippen LogP contribution is -2.47. The number of rotatable bonds is 8. The topological polar surface area (TPSA) is 119 Å². The molecule has 7 rings (SSSR count). The Bertz CT molecular complexity index is 1700. The van der Waals surface area contributed by atoms with Gasteiger partial charge in [-0.3, -0.25) is 9.78 Å². The van der Waals surface area contributed by atoms with E-state index in [1.807, 2.05) is 42.0 Å². The summed E-state index contributed by atoms with van der Waals surface area (Å²) in [5, 5.41) is 16.8. The molecule has 242 valence electrons. The molecule has 2 unspecified atom stereocenters. The molecule has 1 aliphatic heterocycles. The second kappa shape index (κ2) is 11.5. The number of aromatic nitrogens is 3. The molecule has 2 amide bonds. The third kappa shape index (κ3) is 5.40. The van der Waals surface area contributed by atoms with E-state index >= 15 is 0 Å². The van der Waals surface area contributed by atoms with Gasteiger partial charge in [0.1, 0.15) is 11.2 Å². The Morgan fingerprint density at radius 3 is 2.59 bits per heavy atom. The van der Waals surface area contributed by atoms with E-state index < -0.39 is 17.2 Å². The second-order valence-electron chi connectivity index (χ2n) is 13.7. The van der Waals surface area contributed by atoms with Gasteiger partial charge >= 0.3 is 6.09 Å². The number of likely N-dealkylation sites (tertiary alicyclic amines) is 1. The number of hydrogen-bond acceptors (Lipinski definition) is 7.